The fourth-order valence-corrected chi connectivity index (χ4v) is 7.85. The zero-order valence-electron chi connectivity index (χ0n) is 19.7. The number of methoxy groups -OCH3 is 1. The van der Waals surface area contributed by atoms with Crippen molar-refractivity contribution in [1.82, 2.24) is 0 Å². The second-order valence-corrected chi connectivity index (χ2v) is 10.6. The van der Waals surface area contributed by atoms with Crippen LogP contribution in [0.5, 0.6) is 0 Å². The lowest BCUT2D eigenvalue weighted by molar-refractivity contribution is -0.217. The van der Waals surface area contributed by atoms with Gasteiger partial charge in [-0.05, 0) is 37.2 Å². The van der Waals surface area contributed by atoms with Gasteiger partial charge in [0.2, 0.25) is 11.4 Å². The highest BCUT2D eigenvalue weighted by atomic mass is 19.1. The van der Waals surface area contributed by atoms with E-state index >= 15 is 4.39 Å². The third-order valence-corrected chi connectivity index (χ3v) is 9.15. The van der Waals surface area contributed by atoms with Crippen LogP contribution in [0.15, 0.2) is 23.6 Å². The summed E-state index contributed by atoms with van der Waals surface area (Å²) in [5.74, 6) is -4.83. The van der Waals surface area contributed by atoms with Gasteiger partial charge in [0.05, 0.1) is 13.2 Å². The van der Waals surface area contributed by atoms with Gasteiger partial charge in [0.1, 0.15) is 6.17 Å². The second kappa shape index (κ2) is 7.72. The summed E-state index contributed by atoms with van der Waals surface area (Å²) in [6, 6.07) is 0. The minimum atomic E-state index is -1.69. The van der Waals surface area contributed by atoms with Crippen LogP contribution in [0.3, 0.4) is 0 Å². The van der Waals surface area contributed by atoms with Crippen molar-refractivity contribution in [2.45, 2.75) is 71.3 Å². The number of allylic oxidation sites excluding steroid dienone is 4. The Morgan fingerprint density at radius 1 is 1.27 bits per heavy atom. The smallest absolute Gasteiger partial charge is 0.351 e. The highest BCUT2D eigenvalue weighted by Gasteiger charge is 2.74. The van der Waals surface area contributed by atoms with Crippen LogP contribution in [0.2, 0.25) is 0 Å². The molecule has 182 valence electrons. The van der Waals surface area contributed by atoms with Crippen molar-refractivity contribution in [2.24, 2.45) is 34.5 Å². The van der Waals surface area contributed by atoms with E-state index in [1.54, 1.807) is 13.8 Å². The number of hydrogen-bond donors (Lipinski definition) is 1. The molecule has 9 atom stereocenters. The van der Waals surface area contributed by atoms with Gasteiger partial charge in [-0.15, -0.1) is 0 Å². The minimum absolute atomic E-state index is 0.0672. The van der Waals surface area contributed by atoms with E-state index in [0.717, 1.165) is 6.08 Å². The highest BCUT2D eigenvalue weighted by molar-refractivity contribution is 6.04. The van der Waals surface area contributed by atoms with Gasteiger partial charge >= 0.3 is 11.9 Å². The molecule has 0 aromatic carbocycles. The average molecular weight is 467 g/mol. The van der Waals surface area contributed by atoms with Gasteiger partial charge in [0.25, 0.3) is 0 Å². The molecule has 8 heteroatoms. The number of aliphatic hydroxyl groups is 1. The molecule has 4 aliphatic carbocycles. The van der Waals surface area contributed by atoms with Crippen molar-refractivity contribution in [1.29, 1.82) is 0 Å². The fourth-order valence-electron chi connectivity index (χ4n) is 7.85. The average Bonchev–Trinajstić information content (AvgIpc) is 2.97. The molecule has 4 aliphatic rings. The molecule has 0 bridgehead atoms. The first-order valence-corrected chi connectivity index (χ1v) is 11.6. The van der Waals surface area contributed by atoms with Crippen molar-refractivity contribution < 1.29 is 37.7 Å². The van der Waals surface area contributed by atoms with Crippen molar-refractivity contribution in [2.75, 3.05) is 7.11 Å². The zero-order valence-corrected chi connectivity index (χ0v) is 19.7. The molecular formula is C25H32F2O6. The Balaban J connectivity index is 1.85. The number of alkyl halides is 1. The van der Waals surface area contributed by atoms with Crippen molar-refractivity contribution in [3.8, 4) is 0 Å². The minimum Gasteiger partial charge on any atom is -0.466 e. The number of ether oxygens (including phenoxy) is 2. The second-order valence-electron chi connectivity index (χ2n) is 10.6. The quantitative estimate of drug-likeness (QED) is 0.639. The Kier molecular flexibility index (Phi) is 5.62. The summed E-state index contributed by atoms with van der Waals surface area (Å²) in [5, 5.41) is 11.4. The molecule has 0 saturated heterocycles. The Labute approximate surface area is 192 Å². The molecule has 0 unspecified atom stereocenters. The summed E-state index contributed by atoms with van der Waals surface area (Å²) in [6.45, 7) is 6.92. The lowest BCUT2D eigenvalue weighted by atomic mass is 9.46. The number of hydrogen-bond acceptors (Lipinski definition) is 6. The van der Waals surface area contributed by atoms with Crippen molar-refractivity contribution >= 4 is 17.7 Å². The zero-order chi connectivity index (χ0) is 24.5. The van der Waals surface area contributed by atoms with Crippen LogP contribution in [0.1, 0.15) is 53.4 Å². The predicted octanol–water partition coefficient (Wildman–Crippen LogP) is 3.62. The van der Waals surface area contributed by atoms with Gasteiger partial charge in [-0.2, -0.15) is 0 Å². The summed E-state index contributed by atoms with van der Waals surface area (Å²) < 4.78 is 41.3. The van der Waals surface area contributed by atoms with Gasteiger partial charge in [-0.1, -0.05) is 33.8 Å². The van der Waals surface area contributed by atoms with Crippen LogP contribution in [0, 0.1) is 34.5 Å². The highest BCUT2D eigenvalue weighted by Crippen LogP contribution is 2.69. The van der Waals surface area contributed by atoms with Crippen LogP contribution >= 0.6 is 0 Å². The van der Waals surface area contributed by atoms with E-state index in [4.69, 9.17) is 9.47 Å². The van der Waals surface area contributed by atoms with Crippen LogP contribution < -0.4 is 0 Å². The molecule has 4 rings (SSSR count). The fraction of sp³-hybridized carbons (Fsp3) is 0.720. The molecule has 3 saturated carbocycles. The number of fused-ring (bicyclic) bond motifs is 5. The van der Waals surface area contributed by atoms with Gasteiger partial charge in [0, 0.05) is 34.7 Å². The topological polar surface area (TPSA) is 89.9 Å². The summed E-state index contributed by atoms with van der Waals surface area (Å²) in [5.41, 5.74) is -3.98. The molecule has 0 aromatic rings. The lowest BCUT2D eigenvalue weighted by Crippen LogP contribution is -2.64. The van der Waals surface area contributed by atoms with E-state index in [2.05, 4.69) is 0 Å². The van der Waals surface area contributed by atoms with Gasteiger partial charge < -0.3 is 14.6 Å². The van der Waals surface area contributed by atoms with E-state index in [9.17, 15) is 23.9 Å². The van der Waals surface area contributed by atoms with E-state index in [-0.39, 0.29) is 30.8 Å². The third-order valence-electron chi connectivity index (χ3n) is 9.15. The van der Waals surface area contributed by atoms with Crippen molar-refractivity contribution in [3.05, 3.63) is 23.6 Å². The molecular weight excluding hydrogens is 434 g/mol. The first kappa shape index (κ1) is 24.0. The largest absolute Gasteiger partial charge is 0.466 e. The van der Waals surface area contributed by atoms with Gasteiger partial charge in [0.15, 0.2) is 5.83 Å². The maximum atomic E-state index is 15.5. The van der Waals surface area contributed by atoms with E-state index in [0.29, 0.717) is 6.42 Å². The molecule has 0 aliphatic heterocycles. The monoisotopic (exact) mass is 466 g/mol. The van der Waals surface area contributed by atoms with E-state index in [1.165, 1.54) is 13.2 Å². The number of ketones is 1. The summed E-state index contributed by atoms with van der Waals surface area (Å²) >= 11 is 0. The maximum Gasteiger partial charge on any atom is 0.351 e. The maximum absolute atomic E-state index is 15.5. The predicted molar refractivity (Wildman–Crippen MR) is 114 cm³/mol. The normalized spacial score (nSPS) is 46.4. The van der Waals surface area contributed by atoms with E-state index in [1.807, 2.05) is 13.8 Å². The molecule has 33 heavy (non-hydrogen) atoms. The Morgan fingerprint density at radius 3 is 2.55 bits per heavy atom. The molecule has 3 fully saturated rings. The Hall–Kier alpha value is -2.09. The molecule has 6 nitrogen and oxygen atoms in total. The van der Waals surface area contributed by atoms with Crippen LogP contribution in [-0.2, 0) is 23.9 Å². The molecule has 0 spiro atoms. The number of aliphatic hydroxyl groups excluding tert-OH is 1. The third kappa shape index (κ3) is 2.95. The summed E-state index contributed by atoms with van der Waals surface area (Å²) in [6.07, 6.45) is 0.456. The molecule has 0 radical (unpaired) electrons. The number of carbonyl (C=O) groups excluding carboxylic acids is 3. The number of rotatable bonds is 3. The molecule has 1 N–H and O–H groups in total. The van der Waals surface area contributed by atoms with Crippen LogP contribution in [0.25, 0.3) is 0 Å². The molecule has 0 heterocycles. The molecule has 0 aromatic heterocycles. The number of carbonyl (C=O) groups is 3. The first-order valence-electron chi connectivity index (χ1n) is 11.6. The lowest BCUT2D eigenvalue weighted by Gasteiger charge is -2.60. The number of halogens is 2. The van der Waals surface area contributed by atoms with Gasteiger partial charge in [-0.3, -0.25) is 9.59 Å². The van der Waals surface area contributed by atoms with Crippen LogP contribution in [-0.4, -0.2) is 47.8 Å². The van der Waals surface area contributed by atoms with Crippen molar-refractivity contribution in [3.63, 3.8) is 0 Å². The summed E-state index contributed by atoms with van der Waals surface area (Å²) in [7, 11) is 1.23. The first-order chi connectivity index (χ1) is 15.4. The standard InChI is InChI=1S/C25H32F2O6/c1-6-18(30)33-25(22(31)32-5)12(2)9-14-13-10-15(26)20-21(27)16(28)7-8-23(20,3)19(13)17(29)11-24(14,25)4/h7-8,12-15,17,19,29H,6,9-11H2,1-5H3/t12-,13-,14-,15-,17-,19+,23+,24-,25-/m0/s1. The molecule has 0 amide bonds. The van der Waals surface area contributed by atoms with Crippen LogP contribution in [0.4, 0.5) is 8.78 Å². The van der Waals surface area contributed by atoms with E-state index < -0.39 is 70.0 Å². The number of esters is 2. The Bertz CT molecular complexity index is 959. The summed E-state index contributed by atoms with van der Waals surface area (Å²) in [4.78, 5) is 37.6. The SMILES string of the molecule is CCC(=O)O[C@]1(C(=O)OC)[C@@H](C)C[C@H]2[C@@H]3C[C@H](F)C4=C(F)C(=O)C=C[C@]4(C)[C@H]3[C@@H](O)C[C@@]21C. The Morgan fingerprint density at radius 2 is 1.94 bits per heavy atom. The van der Waals surface area contributed by atoms with Gasteiger partial charge in [-0.25, -0.2) is 13.6 Å².